The zero-order valence-corrected chi connectivity index (χ0v) is 15.9. The number of amides is 2. The highest BCUT2D eigenvalue weighted by Crippen LogP contribution is 2.43. The highest BCUT2D eigenvalue weighted by molar-refractivity contribution is 5.85. The molecule has 3 aliphatic rings. The van der Waals surface area contributed by atoms with Crippen LogP contribution in [0.4, 0.5) is 0 Å². The average molecular weight is 354 g/mol. The first kappa shape index (κ1) is 17.6. The van der Waals surface area contributed by atoms with Gasteiger partial charge in [0.2, 0.25) is 11.8 Å². The minimum Gasteiger partial charge on any atom is -0.342 e. The van der Waals surface area contributed by atoms with E-state index in [2.05, 4.69) is 24.0 Å². The van der Waals surface area contributed by atoms with Gasteiger partial charge in [0.15, 0.2) is 0 Å². The van der Waals surface area contributed by atoms with E-state index in [1.165, 1.54) is 18.4 Å². The summed E-state index contributed by atoms with van der Waals surface area (Å²) >= 11 is 0. The maximum atomic E-state index is 13.0. The van der Waals surface area contributed by atoms with Gasteiger partial charge in [0.1, 0.15) is 0 Å². The first-order chi connectivity index (χ1) is 12.6. The van der Waals surface area contributed by atoms with E-state index in [-0.39, 0.29) is 11.3 Å². The Morgan fingerprint density at radius 3 is 2.54 bits per heavy atom. The molecule has 2 saturated heterocycles. The molecule has 0 aromatic heterocycles. The van der Waals surface area contributed by atoms with Gasteiger partial charge < -0.3 is 9.80 Å². The SMILES string of the molecule is Cc1ccc(CC(=O)N2CCC[C@]3(CC2)CCN(CC2CC2)C3=O)cc1. The summed E-state index contributed by atoms with van der Waals surface area (Å²) < 4.78 is 0. The first-order valence-electron chi connectivity index (χ1n) is 10.2. The number of benzene rings is 1. The second kappa shape index (κ2) is 7.05. The third-order valence-electron chi connectivity index (χ3n) is 6.55. The lowest BCUT2D eigenvalue weighted by Crippen LogP contribution is -2.37. The molecule has 0 unspecified atom stereocenters. The number of hydrogen-bond acceptors (Lipinski definition) is 2. The lowest BCUT2D eigenvalue weighted by molar-refractivity contribution is -0.137. The van der Waals surface area contributed by atoms with E-state index in [0.717, 1.165) is 63.3 Å². The number of carbonyl (C=O) groups excluding carboxylic acids is 2. The molecule has 140 valence electrons. The second-order valence-corrected chi connectivity index (χ2v) is 8.62. The Morgan fingerprint density at radius 1 is 1.08 bits per heavy atom. The summed E-state index contributed by atoms with van der Waals surface area (Å²) in [4.78, 5) is 29.9. The van der Waals surface area contributed by atoms with E-state index in [4.69, 9.17) is 0 Å². The van der Waals surface area contributed by atoms with Crippen LogP contribution >= 0.6 is 0 Å². The van der Waals surface area contributed by atoms with Crippen LogP contribution in [0.15, 0.2) is 24.3 Å². The monoisotopic (exact) mass is 354 g/mol. The van der Waals surface area contributed by atoms with E-state index in [1.54, 1.807) is 0 Å². The zero-order chi connectivity index (χ0) is 18.1. The molecule has 1 aliphatic carbocycles. The molecule has 0 radical (unpaired) electrons. The first-order valence-corrected chi connectivity index (χ1v) is 10.2. The van der Waals surface area contributed by atoms with Crippen LogP contribution in [0.2, 0.25) is 0 Å². The Hall–Kier alpha value is -1.84. The second-order valence-electron chi connectivity index (χ2n) is 8.62. The number of carbonyl (C=O) groups is 2. The van der Waals surface area contributed by atoms with Gasteiger partial charge in [0.05, 0.1) is 11.8 Å². The topological polar surface area (TPSA) is 40.6 Å². The van der Waals surface area contributed by atoms with Crippen LogP contribution in [-0.2, 0) is 16.0 Å². The van der Waals surface area contributed by atoms with E-state index in [0.29, 0.717) is 12.3 Å². The molecule has 2 heterocycles. The summed E-state index contributed by atoms with van der Waals surface area (Å²) in [7, 11) is 0. The van der Waals surface area contributed by atoms with Crippen molar-refractivity contribution in [3.05, 3.63) is 35.4 Å². The number of hydrogen-bond donors (Lipinski definition) is 0. The molecule has 26 heavy (non-hydrogen) atoms. The molecule has 0 N–H and O–H groups in total. The third kappa shape index (κ3) is 3.65. The van der Waals surface area contributed by atoms with Crippen LogP contribution in [0.25, 0.3) is 0 Å². The fourth-order valence-corrected chi connectivity index (χ4v) is 4.58. The Balaban J connectivity index is 1.36. The van der Waals surface area contributed by atoms with Gasteiger partial charge in [-0.15, -0.1) is 0 Å². The maximum absolute atomic E-state index is 13.0. The van der Waals surface area contributed by atoms with Gasteiger partial charge in [-0.1, -0.05) is 29.8 Å². The van der Waals surface area contributed by atoms with Crippen molar-refractivity contribution in [1.29, 1.82) is 0 Å². The molecule has 4 heteroatoms. The van der Waals surface area contributed by atoms with Crippen molar-refractivity contribution in [1.82, 2.24) is 9.80 Å². The van der Waals surface area contributed by atoms with Crippen LogP contribution < -0.4 is 0 Å². The summed E-state index contributed by atoms with van der Waals surface area (Å²) in [5, 5.41) is 0. The summed E-state index contributed by atoms with van der Waals surface area (Å²) in [6, 6.07) is 8.21. The van der Waals surface area contributed by atoms with Crippen LogP contribution in [0.3, 0.4) is 0 Å². The summed E-state index contributed by atoms with van der Waals surface area (Å²) in [6.45, 7) is 5.48. The van der Waals surface area contributed by atoms with Crippen molar-refractivity contribution in [2.24, 2.45) is 11.3 Å². The molecule has 0 bridgehead atoms. The Morgan fingerprint density at radius 2 is 1.81 bits per heavy atom. The van der Waals surface area contributed by atoms with Crippen molar-refractivity contribution in [2.45, 2.75) is 51.9 Å². The predicted molar refractivity (Wildman–Crippen MR) is 102 cm³/mol. The van der Waals surface area contributed by atoms with Crippen molar-refractivity contribution >= 4 is 11.8 Å². The standard InChI is InChI=1S/C22H30N2O2/c1-17-3-5-18(6-4-17)15-20(25)23-12-2-9-22(10-13-23)11-14-24(21(22)26)16-19-7-8-19/h3-6,19H,2,7-16H2,1H3/t22-/m0/s1. The molecule has 2 aliphatic heterocycles. The van der Waals surface area contributed by atoms with Crippen LogP contribution in [0.1, 0.15) is 49.7 Å². The molecule has 1 spiro atoms. The van der Waals surface area contributed by atoms with Gasteiger partial charge in [0, 0.05) is 26.2 Å². The van der Waals surface area contributed by atoms with E-state index in [1.807, 2.05) is 17.0 Å². The molecular weight excluding hydrogens is 324 g/mol. The van der Waals surface area contributed by atoms with Crippen LogP contribution in [-0.4, -0.2) is 47.8 Å². The minimum atomic E-state index is -0.187. The highest BCUT2D eigenvalue weighted by Gasteiger charge is 2.47. The fraction of sp³-hybridized carbons (Fsp3) is 0.636. The van der Waals surface area contributed by atoms with E-state index in [9.17, 15) is 9.59 Å². The molecule has 2 amide bonds. The predicted octanol–water partition coefficient (Wildman–Crippen LogP) is 3.18. The van der Waals surface area contributed by atoms with E-state index >= 15 is 0 Å². The van der Waals surface area contributed by atoms with Crippen LogP contribution in [0, 0.1) is 18.3 Å². The molecule has 1 aromatic rings. The van der Waals surface area contributed by atoms with Crippen molar-refractivity contribution in [3.63, 3.8) is 0 Å². The highest BCUT2D eigenvalue weighted by atomic mass is 16.2. The Labute approximate surface area is 156 Å². The molecule has 1 atom stereocenters. The number of aryl methyl sites for hydroxylation is 1. The van der Waals surface area contributed by atoms with Crippen molar-refractivity contribution in [3.8, 4) is 0 Å². The van der Waals surface area contributed by atoms with Crippen LogP contribution in [0.5, 0.6) is 0 Å². The van der Waals surface area contributed by atoms with Gasteiger partial charge in [-0.05, 0) is 56.9 Å². The average Bonchev–Trinajstić information content (AvgIpc) is 3.42. The smallest absolute Gasteiger partial charge is 0.228 e. The van der Waals surface area contributed by atoms with Crippen molar-refractivity contribution < 1.29 is 9.59 Å². The summed E-state index contributed by atoms with van der Waals surface area (Å²) in [5.74, 6) is 1.33. The quantitative estimate of drug-likeness (QED) is 0.833. The minimum absolute atomic E-state index is 0.187. The molecule has 4 nitrogen and oxygen atoms in total. The lowest BCUT2D eigenvalue weighted by Gasteiger charge is -2.27. The van der Waals surface area contributed by atoms with Gasteiger partial charge >= 0.3 is 0 Å². The van der Waals surface area contributed by atoms with E-state index < -0.39 is 0 Å². The normalized spacial score (nSPS) is 26.4. The van der Waals surface area contributed by atoms with Crippen molar-refractivity contribution in [2.75, 3.05) is 26.2 Å². The zero-order valence-electron chi connectivity index (χ0n) is 15.9. The third-order valence-corrected chi connectivity index (χ3v) is 6.55. The van der Waals surface area contributed by atoms with Gasteiger partial charge in [-0.3, -0.25) is 9.59 Å². The van der Waals surface area contributed by atoms with Gasteiger partial charge in [-0.2, -0.15) is 0 Å². The largest absolute Gasteiger partial charge is 0.342 e. The molecule has 1 saturated carbocycles. The number of likely N-dealkylation sites (tertiary alicyclic amines) is 2. The Kier molecular flexibility index (Phi) is 4.76. The summed E-state index contributed by atoms with van der Waals surface area (Å²) in [5.41, 5.74) is 2.11. The van der Waals surface area contributed by atoms with Gasteiger partial charge in [-0.25, -0.2) is 0 Å². The fourth-order valence-electron chi connectivity index (χ4n) is 4.58. The molecular formula is C22H30N2O2. The number of nitrogens with zero attached hydrogens (tertiary/aromatic N) is 2. The Bertz CT molecular complexity index is 680. The molecule has 4 rings (SSSR count). The molecule has 3 fully saturated rings. The number of rotatable bonds is 4. The van der Waals surface area contributed by atoms with Gasteiger partial charge in [0.25, 0.3) is 0 Å². The lowest BCUT2D eigenvalue weighted by atomic mass is 9.79. The summed E-state index contributed by atoms with van der Waals surface area (Å²) in [6.07, 6.45) is 6.76. The molecule has 1 aromatic carbocycles. The maximum Gasteiger partial charge on any atom is 0.228 e.